The molecule has 0 atom stereocenters. The molecule has 2 amide bonds. The van der Waals surface area contributed by atoms with Crippen LogP contribution >= 0.6 is 31.9 Å². The number of nitrogens with zero attached hydrogens (tertiary/aromatic N) is 16. The van der Waals surface area contributed by atoms with E-state index in [0.29, 0.717) is 92.6 Å². The van der Waals surface area contributed by atoms with Gasteiger partial charge in [-0.25, -0.2) is 64.0 Å². The molecule has 28 nitrogen and oxygen atoms in total. The number of terminal acetylenes is 2. The smallest absolute Gasteiger partial charge is 0.356 e. The van der Waals surface area contributed by atoms with Crippen molar-refractivity contribution in [2.75, 3.05) is 27.4 Å². The van der Waals surface area contributed by atoms with Crippen molar-refractivity contribution in [1.82, 2.24) is 76.2 Å². The molecule has 16 rings (SSSR count). The molecule has 664 valence electrons. The Morgan fingerprint density at radius 1 is 0.400 bits per heavy atom. The summed E-state index contributed by atoms with van der Waals surface area (Å²) in [6.07, 6.45) is 33.8. The van der Waals surface area contributed by atoms with Crippen molar-refractivity contribution < 1.29 is 68.1 Å². The topological polar surface area (TPSA) is 347 Å². The largest absolute Gasteiger partial charge is 0.464 e. The molecule has 0 fully saturated rings. The molecule has 16 heterocycles. The number of carbonyl (C=O) groups excluding carboxylic acids is 6. The van der Waals surface area contributed by atoms with Crippen LogP contribution in [-0.2, 0) is 39.4 Å². The van der Waals surface area contributed by atoms with Crippen molar-refractivity contribution in [3.63, 3.8) is 0 Å². The van der Waals surface area contributed by atoms with Gasteiger partial charge in [0.15, 0.2) is 22.8 Å². The van der Waals surface area contributed by atoms with Crippen LogP contribution in [0.4, 0.5) is 0 Å². The summed E-state index contributed by atoms with van der Waals surface area (Å²) in [5, 5.41) is 0. The number of pyridine rings is 10. The molecule has 130 heavy (non-hydrogen) atoms. The third kappa shape index (κ3) is 30.2. The number of aromatic nitrogens is 16. The molecular formula is C97H93Br2N18O10PdSi2-. The van der Waals surface area contributed by atoms with Crippen LogP contribution in [0.15, 0.2) is 229 Å². The number of carbonyl (C=O) groups is 6. The fraction of sp³-hybridized carbons (Fsp3) is 0.165. The first kappa shape index (κ1) is 102. The number of fused-ring (bicyclic) bond motifs is 6. The van der Waals surface area contributed by atoms with E-state index in [4.69, 9.17) is 38.5 Å². The summed E-state index contributed by atoms with van der Waals surface area (Å²) in [7, 11) is 0.148. The second-order valence-corrected chi connectivity index (χ2v) is 40.6. The van der Waals surface area contributed by atoms with Gasteiger partial charge >= 0.3 is 23.9 Å². The Morgan fingerprint density at radius 2 is 0.738 bits per heavy atom. The van der Waals surface area contributed by atoms with Crippen molar-refractivity contribution in [3.05, 3.63) is 338 Å². The minimum absolute atomic E-state index is 0. The molecule has 0 radical (unpaired) electrons. The number of primary amides is 2. The number of halogens is 2. The van der Waals surface area contributed by atoms with Gasteiger partial charge in [0.2, 0.25) is 0 Å². The van der Waals surface area contributed by atoms with E-state index < -0.39 is 39.9 Å². The number of methoxy groups -OCH3 is 2. The number of esters is 4. The van der Waals surface area contributed by atoms with Crippen LogP contribution in [0.5, 0.6) is 0 Å². The van der Waals surface area contributed by atoms with Crippen LogP contribution in [0.3, 0.4) is 0 Å². The molecule has 0 unspecified atom stereocenters. The Hall–Kier alpha value is -14.8. The Bertz CT molecular complexity index is 7070. The first-order valence-corrected chi connectivity index (χ1v) is 47.9. The number of hydrogen-bond donors (Lipinski definition) is 2. The molecular weight excluding hydrogens is 1900 g/mol. The maximum Gasteiger partial charge on any atom is 0.356 e. The van der Waals surface area contributed by atoms with Gasteiger partial charge in [0.25, 0.3) is 11.8 Å². The quantitative estimate of drug-likeness (QED) is 0.0321. The minimum Gasteiger partial charge on any atom is -0.464 e. The SMILES string of the molecule is C#C[Si](C)(C)C.C#Cc1ccc2ncc(C(=O)OC)n2c1.CCOC(=O)c1cnc2ccc(Br)cn12.CCOC(=O)c1cnc2ccc(C#C[Si](C)(C)C)cn12.COC(=O)c1cnc2ccc(C#Cc3cccc(C)n3)cn12.Cc1cccc(/C=C\c2ccc3ncc(C(N)=O)n3c2)n1.Cc1cccc(Br)n1.Cc1cccc(C#Cc2ccc3ncc(C(N)=O)n3c2)n1.[CH3-].[Pd]. The van der Waals surface area contributed by atoms with E-state index in [2.05, 4.69) is 172 Å². The monoisotopic (exact) mass is 1990 g/mol. The molecule has 4 N–H and O–H groups in total. The number of hydrogen-bond acceptors (Lipinski definition) is 20. The zero-order chi connectivity index (χ0) is 92.8. The minimum atomic E-state index is -1.42. The van der Waals surface area contributed by atoms with E-state index in [9.17, 15) is 28.8 Å². The summed E-state index contributed by atoms with van der Waals surface area (Å²) < 4.78 is 31.1. The average Bonchev–Trinajstić information content (AvgIpc) is 1.69. The van der Waals surface area contributed by atoms with Crippen molar-refractivity contribution in [2.45, 2.75) is 80.8 Å². The predicted molar refractivity (Wildman–Crippen MR) is 512 cm³/mol. The van der Waals surface area contributed by atoms with Crippen LogP contribution in [0.1, 0.15) is 144 Å². The molecule has 33 heteroatoms. The van der Waals surface area contributed by atoms with Gasteiger partial charge in [0, 0.05) is 107 Å². The number of aryl methyl sites for hydroxylation is 4. The van der Waals surface area contributed by atoms with Crippen LogP contribution < -0.4 is 11.5 Å². The molecule has 16 aromatic rings. The number of rotatable bonds is 10. The molecule has 0 spiro atoms. The van der Waals surface area contributed by atoms with E-state index in [1.165, 1.54) is 51.4 Å². The zero-order valence-corrected chi connectivity index (χ0v) is 80.7. The van der Waals surface area contributed by atoms with E-state index in [-0.39, 0.29) is 39.8 Å². The van der Waals surface area contributed by atoms with Crippen molar-refractivity contribution in [1.29, 1.82) is 0 Å². The fourth-order valence-corrected chi connectivity index (χ4v) is 12.3. The molecule has 0 saturated carbocycles. The summed E-state index contributed by atoms with van der Waals surface area (Å²) in [6.45, 7) is 25.0. The van der Waals surface area contributed by atoms with Gasteiger partial charge in [-0.3, -0.25) is 41.0 Å². The van der Waals surface area contributed by atoms with Crippen LogP contribution in [0.25, 0.3) is 46.0 Å². The first-order chi connectivity index (χ1) is 61.2. The Balaban J connectivity index is 0.000000207. The van der Waals surface area contributed by atoms with Gasteiger partial charge in [-0.1, -0.05) is 93.3 Å². The normalized spacial score (nSPS) is 10.3. The zero-order valence-electron chi connectivity index (χ0n) is 74.0. The van der Waals surface area contributed by atoms with E-state index in [1.54, 1.807) is 89.3 Å². The summed E-state index contributed by atoms with van der Waals surface area (Å²) in [5.74, 6) is 15.1. The van der Waals surface area contributed by atoms with Gasteiger partial charge in [0.05, 0.1) is 70.3 Å². The number of nitrogens with two attached hydrogens (primary N) is 2. The van der Waals surface area contributed by atoms with E-state index >= 15 is 0 Å². The molecule has 0 bridgehead atoms. The van der Waals surface area contributed by atoms with Gasteiger partial charge in [-0.2, -0.15) is 0 Å². The summed E-state index contributed by atoms with van der Waals surface area (Å²) in [4.78, 5) is 111. The average molecular weight is 1990 g/mol. The summed E-state index contributed by atoms with van der Waals surface area (Å²) in [6, 6.07) is 45.1. The van der Waals surface area contributed by atoms with E-state index in [0.717, 1.165) is 65.4 Å². The molecule has 0 aromatic carbocycles. The van der Waals surface area contributed by atoms with Crippen LogP contribution in [0.2, 0.25) is 39.3 Å². The maximum atomic E-state index is 11.8. The van der Waals surface area contributed by atoms with Crippen molar-refractivity contribution >= 4 is 130 Å². The summed E-state index contributed by atoms with van der Waals surface area (Å²) >= 11 is 6.59. The Kier molecular flexibility index (Phi) is 38.3. The van der Waals surface area contributed by atoms with Gasteiger partial charge in [-0.05, 0) is 218 Å². The molecule has 0 saturated heterocycles. The van der Waals surface area contributed by atoms with Crippen LogP contribution in [0, 0.1) is 94.6 Å². The number of amides is 2. The van der Waals surface area contributed by atoms with E-state index in [1.807, 2.05) is 174 Å². The van der Waals surface area contributed by atoms with Gasteiger partial charge in [-0.15, -0.1) is 23.9 Å². The number of ether oxygens (including phenoxy) is 4. The Labute approximate surface area is 785 Å². The Morgan fingerprint density at radius 3 is 1.10 bits per heavy atom. The molecule has 0 aliphatic heterocycles. The third-order valence-corrected chi connectivity index (χ3v) is 19.8. The standard InChI is InChI=1S/C17H13N3O2.C16H14N4O.C16H12N4O.C15H18N2O2Si.C11H8N2O2.C10H9BrN2O2.C6H6BrN.C5H10Si.CH3.Pd/c1-12-4-3-5-14(19-12)8-6-13-7-9-16-18-10-15(17(21)22-2)20(16)11-13;2*1-11-3-2-4-13(19-11)7-5-12-6-8-15-18-9-14(16(17)21)20(15)10-12;1-5-19-15(18)13-10-16-14-7-6-12(11-17(13)14)8-9-20(2,3)4;1-3-8-4-5-10-12-6-9(11(14)15-2)13(10)7-8;1-2-15-10(14)8-5-12-9-4-3-7(11)6-13(8)9;1-5-3-2-4-6(7)8-5;1-5-6(2,3)4;;/h3-5,7,9-11H,1-2H3;2-10H,1H3,(H2,17,21);2-4,6,8-10H,1H3,(H2,17,21);6-7,10-11H,5H2,1-4H3;1,4-7H,2H3;3-6H,2H2,1H3;2-4H,1H3;1H,2-4H3;1H3;/q;;;;;;;;-1;/b;7-5-;;;;;;;;. The second-order valence-electron chi connectivity index (χ2n) is 29.4. The first-order valence-electron chi connectivity index (χ1n) is 39.4. The number of imidazole rings is 6. The van der Waals surface area contributed by atoms with Crippen molar-refractivity contribution in [3.8, 4) is 59.5 Å². The molecule has 0 aliphatic rings. The van der Waals surface area contributed by atoms with Gasteiger partial charge in [0.1, 0.15) is 77.4 Å². The van der Waals surface area contributed by atoms with Gasteiger partial charge < -0.3 is 37.8 Å². The van der Waals surface area contributed by atoms with Crippen LogP contribution in [-0.4, -0.2) is 156 Å². The third-order valence-electron chi connectivity index (χ3n) is 17.1. The van der Waals surface area contributed by atoms with Crippen molar-refractivity contribution in [2.24, 2.45) is 11.5 Å². The molecule has 0 aliphatic carbocycles. The predicted octanol–water partition coefficient (Wildman–Crippen LogP) is 16.3. The summed E-state index contributed by atoms with van der Waals surface area (Å²) in [5.41, 5.74) is 33.3. The molecule has 16 aromatic heterocycles. The fourth-order valence-electron chi connectivity index (χ4n) is 11.0. The maximum absolute atomic E-state index is 11.8. The second kappa shape index (κ2) is 48.8.